The molecule has 0 saturated heterocycles. The van der Waals surface area contributed by atoms with Crippen LogP contribution in [0, 0.1) is 42.9 Å². The fraction of sp³-hybridized carbons (Fsp3) is 0. The van der Waals surface area contributed by atoms with Crippen LogP contribution in [0.3, 0.4) is 0 Å². The third kappa shape index (κ3) is 4.24. The van der Waals surface area contributed by atoms with E-state index in [9.17, 15) is 30.8 Å². The van der Waals surface area contributed by atoms with Gasteiger partial charge >= 0.3 is 0 Å². The van der Waals surface area contributed by atoms with Crippen molar-refractivity contribution in [3.05, 3.63) is 116 Å². The molecule has 0 atom stereocenters. The molecule has 0 amide bonds. The molecule has 10 heteroatoms. The standard InChI is InChI=1S/C29H16N6O4/c30-15-24-22(18-6-10-20(11-7-18)34(36)37)14-23(17-4-2-1-3-5-17)27-26(25(16-31)29(32)33-28(24)27)19-8-12-21(13-9-19)35(38)39/h1-14H,(H2,32,33). The summed E-state index contributed by atoms with van der Waals surface area (Å²) in [6, 6.07) is 26.9. The summed E-state index contributed by atoms with van der Waals surface area (Å²) in [6.45, 7) is 0. The molecule has 5 aromatic rings. The molecular formula is C29H16N6O4. The van der Waals surface area contributed by atoms with Crippen molar-refractivity contribution in [2.75, 3.05) is 5.73 Å². The van der Waals surface area contributed by atoms with Gasteiger partial charge in [0.25, 0.3) is 11.4 Å². The third-order valence-corrected chi connectivity index (χ3v) is 6.35. The smallest absolute Gasteiger partial charge is 0.269 e. The zero-order chi connectivity index (χ0) is 27.7. The molecule has 0 spiro atoms. The number of nitrogens with two attached hydrogens (primary N) is 1. The molecule has 0 aliphatic heterocycles. The van der Waals surface area contributed by atoms with Gasteiger partial charge in [0.05, 0.1) is 20.9 Å². The van der Waals surface area contributed by atoms with E-state index in [1.54, 1.807) is 18.2 Å². The molecule has 0 saturated carbocycles. The average molecular weight is 512 g/mol. The van der Waals surface area contributed by atoms with Crippen LogP contribution < -0.4 is 5.73 Å². The summed E-state index contributed by atoms with van der Waals surface area (Å²) in [5.41, 5.74) is 9.79. The van der Waals surface area contributed by atoms with E-state index in [0.29, 0.717) is 33.2 Å². The quantitative estimate of drug-likeness (QED) is 0.208. The van der Waals surface area contributed by atoms with Crippen LogP contribution in [-0.4, -0.2) is 14.8 Å². The summed E-state index contributed by atoms with van der Waals surface area (Å²) in [5.74, 6) is -0.102. The molecule has 0 aliphatic carbocycles. The molecule has 1 aromatic heterocycles. The van der Waals surface area contributed by atoms with Gasteiger partial charge in [0.2, 0.25) is 0 Å². The fourth-order valence-corrected chi connectivity index (χ4v) is 4.56. The van der Waals surface area contributed by atoms with Gasteiger partial charge in [-0.25, -0.2) is 4.98 Å². The third-order valence-electron chi connectivity index (χ3n) is 6.35. The molecule has 0 unspecified atom stereocenters. The molecular weight excluding hydrogens is 496 g/mol. The highest BCUT2D eigenvalue weighted by molar-refractivity contribution is 6.12. The van der Waals surface area contributed by atoms with Crippen molar-refractivity contribution < 1.29 is 9.85 Å². The molecule has 4 aromatic carbocycles. The van der Waals surface area contributed by atoms with Crippen molar-refractivity contribution in [3.8, 4) is 45.5 Å². The van der Waals surface area contributed by atoms with Crippen LogP contribution in [0.25, 0.3) is 44.3 Å². The lowest BCUT2D eigenvalue weighted by molar-refractivity contribution is -0.385. The number of nitrogens with zero attached hydrogens (tertiary/aromatic N) is 5. The second kappa shape index (κ2) is 9.73. The van der Waals surface area contributed by atoms with Crippen molar-refractivity contribution in [3.63, 3.8) is 0 Å². The minimum absolute atomic E-state index is 0.0699. The SMILES string of the molecule is N#Cc1c(N)nc2c(C#N)c(-c3ccc([N+](=O)[O-])cc3)cc(-c3ccccc3)c2c1-c1ccc([N+](=O)[O-])cc1. The summed E-state index contributed by atoms with van der Waals surface area (Å²) in [4.78, 5) is 25.9. The Hall–Kier alpha value is -6.13. The molecule has 0 aliphatic rings. The van der Waals surface area contributed by atoms with Crippen molar-refractivity contribution in [2.24, 2.45) is 0 Å². The number of nitro groups is 2. The van der Waals surface area contributed by atoms with Gasteiger partial charge in [0.1, 0.15) is 23.5 Å². The fourth-order valence-electron chi connectivity index (χ4n) is 4.56. The van der Waals surface area contributed by atoms with E-state index in [4.69, 9.17) is 5.73 Å². The topological polar surface area (TPSA) is 173 Å². The Morgan fingerprint density at radius 2 is 1.21 bits per heavy atom. The van der Waals surface area contributed by atoms with Gasteiger partial charge in [0.15, 0.2) is 0 Å². The Labute approximate surface area is 221 Å². The van der Waals surface area contributed by atoms with Crippen molar-refractivity contribution in [2.45, 2.75) is 0 Å². The van der Waals surface area contributed by atoms with Gasteiger partial charge in [-0.15, -0.1) is 0 Å². The minimum atomic E-state index is -0.520. The first-order chi connectivity index (χ1) is 18.8. The van der Waals surface area contributed by atoms with E-state index in [-0.39, 0.29) is 33.8 Å². The maximum absolute atomic E-state index is 11.2. The van der Waals surface area contributed by atoms with E-state index >= 15 is 0 Å². The lowest BCUT2D eigenvalue weighted by atomic mass is 9.86. The first kappa shape index (κ1) is 24.6. The number of nitro benzene ring substituents is 2. The van der Waals surface area contributed by atoms with E-state index in [1.165, 1.54) is 36.4 Å². The average Bonchev–Trinajstić information content (AvgIpc) is 2.96. The molecule has 5 rings (SSSR count). The monoisotopic (exact) mass is 512 g/mol. The Balaban J connectivity index is 1.94. The van der Waals surface area contributed by atoms with Gasteiger partial charge in [0, 0.05) is 40.8 Å². The predicted molar refractivity (Wildman–Crippen MR) is 145 cm³/mol. The molecule has 2 N–H and O–H groups in total. The first-order valence-electron chi connectivity index (χ1n) is 11.5. The highest BCUT2D eigenvalue weighted by Gasteiger charge is 2.24. The highest BCUT2D eigenvalue weighted by atomic mass is 16.6. The number of nitrogen functional groups attached to an aromatic ring is 1. The van der Waals surface area contributed by atoms with Crippen molar-refractivity contribution in [1.82, 2.24) is 4.98 Å². The van der Waals surface area contributed by atoms with Crippen LogP contribution in [0.15, 0.2) is 84.9 Å². The minimum Gasteiger partial charge on any atom is -0.383 e. The number of rotatable bonds is 5. The van der Waals surface area contributed by atoms with Gasteiger partial charge in [-0.1, -0.05) is 30.3 Å². The second-order valence-electron chi connectivity index (χ2n) is 8.51. The van der Waals surface area contributed by atoms with E-state index in [2.05, 4.69) is 17.1 Å². The molecule has 39 heavy (non-hydrogen) atoms. The van der Waals surface area contributed by atoms with Gasteiger partial charge in [-0.05, 0) is 52.6 Å². The number of hydrogen-bond donors (Lipinski definition) is 1. The summed E-state index contributed by atoms with van der Waals surface area (Å²) in [5, 5.41) is 43.2. The maximum Gasteiger partial charge on any atom is 0.269 e. The molecule has 10 nitrogen and oxygen atoms in total. The Bertz CT molecular complexity index is 1870. The Morgan fingerprint density at radius 3 is 1.72 bits per heavy atom. The van der Waals surface area contributed by atoms with Gasteiger partial charge in [-0.3, -0.25) is 20.2 Å². The molecule has 186 valence electrons. The highest BCUT2D eigenvalue weighted by Crippen LogP contribution is 2.44. The number of hydrogen-bond acceptors (Lipinski definition) is 8. The lowest BCUT2D eigenvalue weighted by Crippen LogP contribution is -2.03. The number of non-ortho nitro benzene ring substituents is 2. The predicted octanol–water partition coefficient (Wildman–Crippen LogP) is 6.38. The number of aromatic nitrogens is 1. The van der Waals surface area contributed by atoms with Crippen LogP contribution in [0.5, 0.6) is 0 Å². The zero-order valence-corrected chi connectivity index (χ0v) is 20.0. The molecule has 0 fully saturated rings. The first-order valence-corrected chi connectivity index (χ1v) is 11.5. The van der Waals surface area contributed by atoms with Gasteiger partial charge in [-0.2, -0.15) is 10.5 Å². The number of anilines is 1. The molecule has 0 radical (unpaired) electrons. The lowest BCUT2D eigenvalue weighted by Gasteiger charge is -2.18. The van der Waals surface area contributed by atoms with Gasteiger partial charge < -0.3 is 5.73 Å². The van der Waals surface area contributed by atoms with Crippen LogP contribution in [0.1, 0.15) is 11.1 Å². The molecule has 0 bridgehead atoms. The normalized spacial score (nSPS) is 10.5. The largest absolute Gasteiger partial charge is 0.383 e. The summed E-state index contributed by atoms with van der Waals surface area (Å²) < 4.78 is 0. The zero-order valence-electron chi connectivity index (χ0n) is 20.0. The van der Waals surface area contributed by atoms with E-state index in [0.717, 1.165) is 5.56 Å². The number of benzene rings is 4. The van der Waals surface area contributed by atoms with Crippen molar-refractivity contribution >= 4 is 28.1 Å². The van der Waals surface area contributed by atoms with Crippen LogP contribution in [0.2, 0.25) is 0 Å². The number of nitriles is 2. The summed E-state index contributed by atoms with van der Waals surface area (Å²) >= 11 is 0. The van der Waals surface area contributed by atoms with Crippen LogP contribution >= 0.6 is 0 Å². The number of fused-ring (bicyclic) bond motifs is 1. The van der Waals surface area contributed by atoms with Crippen molar-refractivity contribution in [1.29, 1.82) is 10.5 Å². The molecule has 1 heterocycles. The van der Waals surface area contributed by atoms with E-state index < -0.39 is 9.85 Å². The maximum atomic E-state index is 11.2. The summed E-state index contributed by atoms with van der Waals surface area (Å²) in [6.07, 6.45) is 0. The number of pyridine rings is 1. The van der Waals surface area contributed by atoms with Crippen LogP contribution in [0.4, 0.5) is 17.2 Å². The Morgan fingerprint density at radius 1 is 0.692 bits per heavy atom. The van der Waals surface area contributed by atoms with E-state index in [1.807, 2.05) is 30.3 Å². The second-order valence-corrected chi connectivity index (χ2v) is 8.51. The summed E-state index contributed by atoms with van der Waals surface area (Å²) in [7, 11) is 0. The van der Waals surface area contributed by atoms with Crippen LogP contribution in [-0.2, 0) is 0 Å². The Kier molecular flexibility index (Phi) is 6.13.